The van der Waals surface area contributed by atoms with Gasteiger partial charge in [0, 0.05) is 13.1 Å². The van der Waals surface area contributed by atoms with Crippen LogP contribution in [0.5, 0.6) is 5.75 Å². The molecule has 1 aliphatic heterocycles. The molecule has 0 radical (unpaired) electrons. The lowest BCUT2D eigenvalue weighted by Crippen LogP contribution is -2.29. The van der Waals surface area contributed by atoms with Crippen LogP contribution in [0.1, 0.15) is 0 Å². The molecule has 3 nitrogen and oxygen atoms in total. The summed E-state index contributed by atoms with van der Waals surface area (Å²) in [7, 11) is 0. The fourth-order valence-electron chi connectivity index (χ4n) is 1.46. The van der Waals surface area contributed by atoms with E-state index in [0.717, 1.165) is 0 Å². The molecule has 1 saturated heterocycles. The van der Waals surface area contributed by atoms with E-state index in [0.29, 0.717) is 23.9 Å². The molecule has 1 fully saturated rings. The Hall–Kier alpha value is -0.770. The smallest absolute Gasteiger partial charge is 0.138 e. The molecule has 0 bridgehead atoms. The zero-order valence-corrected chi connectivity index (χ0v) is 8.37. The average Bonchev–Trinajstić information content (AvgIpc) is 2.56. The van der Waals surface area contributed by atoms with Gasteiger partial charge in [-0.05, 0) is 12.1 Å². The minimum atomic E-state index is -0.453. The van der Waals surface area contributed by atoms with E-state index < -0.39 is 6.10 Å². The highest BCUT2D eigenvalue weighted by Crippen LogP contribution is 2.25. The summed E-state index contributed by atoms with van der Waals surface area (Å²) in [6.45, 7) is 1.24. The van der Waals surface area contributed by atoms with Crippen LogP contribution >= 0.6 is 11.6 Å². The molecule has 1 aromatic carbocycles. The first-order valence-electron chi connectivity index (χ1n) is 4.57. The summed E-state index contributed by atoms with van der Waals surface area (Å²) in [6, 6.07) is 7.27. The standard InChI is InChI=1S/C10H12ClNO2/c11-7-3-1-2-4-9(7)14-10-6-12-5-8(10)13/h1-4,8,10,12-13H,5-6H2. The molecule has 14 heavy (non-hydrogen) atoms. The Morgan fingerprint density at radius 3 is 2.79 bits per heavy atom. The lowest BCUT2D eigenvalue weighted by atomic mass is 10.2. The first-order chi connectivity index (χ1) is 6.77. The van der Waals surface area contributed by atoms with E-state index in [-0.39, 0.29) is 6.10 Å². The van der Waals surface area contributed by atoms with Crippen molar-refractivity contribution in [3.8, 4) is 5.75 Å². The van der Waals surface area contributed by atoms with Crippen molar-refractivity contribution >= 4 is 11.6 Å². The van der Waals surface area contributed by atoms with Crippen LogP contribution in [0.25, 0.3) is 0 Å². The average molecular weight is 214 g/mol. The molecule has 0 aliphatic carbocycles. The number of para-hydroxylation sites is 1. The minimum Gasteiger partial charge on any atom is -0.485 e. The number of aliphatic hydroxyl groups excluding tert-OH is 1. The highest BCUT2D eigenvalue weighted by atomic mass is 35.5. The first-order valence-corrected chi connectivity index (χ1v) is 4.95. The molecule has 1 aliphatic rings. The highest BCUT2D eigenvalue weighted by Gasteiger charge is 2.26. The Morgan fingerprint density at radius 2 is 2.14 bits per heavy atom. The number of hydrogen-bond acceptors (Lipinski definition) is 3. The maximum absolute atomic E-state index is 9.51. The van der Waals surface area contributed by atoms with Crippen molar-refractivity contribution in [1.82, 2.24) is 5.32 Å². The topological polar surface area (TPSA) is 41.5 Å². The summed E-state index contributed by atoms with van der Waals surface area (Å²) < 4.78 is 5.57. The Bertz CT molecular complexity index is 319. The second-order valence-corrected chi connectivity index (χ2v) is 3.72. The van der Waals surface area contributed by atoms with E-state index in [2.05, 4.69) is 5.32 Å². The molecule has 0 spiro atoms. The zero-order valence-electron chi connectivity index (χ0n) is 7.61. The number of nitrogens with one attached hydrogen (secondary N) is 1. The van der Waals surface area contributed by atoms with Gasteiger partial charge in [0.1, 0.15) is 18.0 Å². The van der Waals surface area contributed by atoms with Crippen LogP contribution in [0, 0.1) is 0 Å². The van der Waals surface area contributed by atoms with Crippen LogP contribution in [0.15, 0.2) is 24.3 Å². The predicted molar refractivity (Wildman–Crippen MR) is 54.7 cm³/mol. The summed E-state index contributed by atoms with van der Waals surface area (Å²) in [6.07, 6.45) is -0.652. The second-order valence-electron chi connectivity index (χ2n) is 3.31. The summed E-state index contributed by atoms with van der Waals surface area (Å²) >= 11 is 5.92. The van der Waals surface area contributed by atoms with Crippen LogP contribution < -0.4 is 10.1 Å². The van der Waals surface area contributed by atoms with Crippen LogP contribution in [0.2, 0.25) is 5.02 Å². The summed E-state index contributed by atoms with van der Waals surface area (Å²) in [5.41, 5.74) is 0. The number of ether oxygens (including phenoxy) is 1. The molecule has 4 heteroatoms. The van der Waals surface area contributed by atoms with Gasteiger partial charge >= 0.3 is 0 Å². The molecular formula is C10H12ClNO2. The Morgan fingerprint density at radius 1 is 1.36 bits per heavy atom. The van der Waals surface area contributed by atoms with Gasteiger partial charge < -0.3 is 15.2 Å². The Labute approximate surface area is 87.6 Å². The van der Waals surface area contributed by atoms with Crippen molar-refractivity contribution in [2.75, 3.05) is 13.1 Å². The molecule has 2 unspecified atom stereocenters. The van der Waals surface area contributed by atoms with Crippen molar-refractivity contribution in [2.45, 2.75) is 12.2 Å². The number of rotatable bonds is 2. The molecule has 2 N–H and O–H groups in total. The van der Waals surface area contributed by atoms with Crippen LogP contribution in [0.4, 0.5) is 0 Å². The van der Waals surface area contributed by atoms with E-state index >= 15 is 0 Å². The van der Waals surface area contributed by atoms with E-state index in [1.807, 2.05) is 12.1 Å². The molecule has 0 amide bonds. The van der Waals surface area contributed by atoms with Crippen LogP contribution in [-0.2, 0) is 0 Å². The van der Waals surface area contributed by atoms with E-state index in [1.54, 1.807) is 12.1 Å². The minimum absolute atomic E-state index is 0.199. The molecule has 2 atom stereocenters. The first kappa shape index (κ1) is 9.77. The lowest BCUT2D eigenvalue weighted by molar-refractivity contribution is 0.0738. The van der Waals surface area contributed by atoms with Crippen LogP contribution in [-0.4, -0.2) is 30.4 Å². The van der Waals surface area contributed by atoms with Crippen molar-refractivity contribution in [3.05, 3.63) is 29.3 Å². The third kappa shape index (κ3) is 2.00. The summed E-state index contributed by atoms with van der Waals surface area (Å²) in [5, 5.41) is 13.1. The maximum Gasteiger partial charge on any atom is 0.138 e. The van der Waals surface area contributed by atoms with E-state index in [9.17, 15) is 5.11 Å². The maximum atomic E-state index is 9.51. The molecule has 76 valence electrons. The van der Waals surface area contributed by atoms with Gasteiger partial charge in [-0.15, -0.1) is 0 Å². The number of hydrogen-bond donors (Lipinski definition) is 2. The monoisotopic (exact) mass is 213 g/mol. The molecule has 1 aromatic rings. The van der Waals surface area contributed by atoms with Crippen molar-refractivity contribution < 1.29 is 9.84 Å². The van der Waals surface area contributed by atoms with Crippen molar-refractivity contribution in [1.29, 1.82) is 0 Å². The van der Waals surface area contributed by atoms with Gasteiger partial charge in [0.15, 0.2) is 0 Å². The number of β-amino-alcohol motifs (C(OH)–C–C–N with tert-alkyl or cyclic N) is 1. The van der Waals surface area contributed by atoms with Gasteiger partial charge in [-0.2, -0.15) is 0 Å². The third-order valence-corrected chi connectivity index (χ3v) is 2.56. The summed E-state index contributed by atoms with van der Waals surface area (Å²) in [4.78, 5) is 0. The number of aliphatic hydroxyl groups is 1. The largest absolute Gasteiger partial charge is 0.485 e. The van der Waals surface area contributed by atoms with Gasteiger partial charge in [-0.1, -0.05) is 23.7 Å². The van der Waals surface area contributed by atoms with Crippen LogP contribution in [0.3, 0.4) is 0 Å². The number of halogens is 1. The fraction of sp³-hybridized carbons (Fsp3) is 0.400. The van der Waals surface area contributed by atoms with Crippen molar-refractivity contribution in [3.63, 3.8) is 0 Å². The fourth-order valence-corrected chi connectivity index (χ4v) is 1.64. The van der Waals surface area contributed by atoms with Gasteiger partial charge in [-0.3, -0.25) is 0 Å². The Kier molecular flexibility index (Phi) is 2.91. The van der Waals surface area contributed by atoms with Gasteiger partial charge in [0.05, 0.1) is 5.02 Å². The van der Waals surface area contributed by atoms with Crippen molar-refractivity contribution in [2.24, 2.45) is 0 Å². The predicted octanol–water partition coefficient (Wildman–Crippen LogP) is 1.05. The van der Waals surface area contributed by atoms with E-state index in [4.69, 9.17) is 16.3 Å². The number of benzene rings is 1. The zero-order chi connectivity index (χ0) is 9.97. The molecular weight excluding hydrogens is 202 g/mol. The lowest BCUT2D eigenvalue weighted by Gasteiger charge is -2.16. The van der Waals surface area contributed by atoms with Gasteiger partial charge in [-0.25, -0.2) is 0 Å². The molecule has 2 rings (SSSR count). The third-order valence-electron chi connectivity index (χ3n) is 2.24. The summed E-state index contributed by atoms with van der Waals surface area (Å²) in [5.74, 6) is 0.627. The normalized spacial score (nSPS) is 26.4. The molecule has 0 saturated carbocycles. The SMILES string of the molecule is OC1CNCC1Oc1ccccc1Cl. The Balaban J connectivity index is 2.07. The molecule has 1 heterocycles. The highest BCUT2D eigenvalue weighted by molar-refractivity contribution is 6.32. The second kappa shape index (κ2) is 4.17. The van der Waals surface area contributed by atoms with Gasteiger partial charge in [0.25, 0.3) is 0 Å². The quantitative estimate of drug-likeness (QED) is 0.772. The van der Waals surface area contributed by atoms with E-state index in [1.165, 1.54) is 0 Å². The molecule has 0 aromatic heterocycles. The van der Waals surface area contributed by atoms with Gasteiger partial charge in [0.2, 0.25) is 0 Å².